The van der Waals surface area contributed by atoms with Crippen molar-refractivity contribution >= 4 is 11.8 Å². The van der Waals surface area contributed by atoms with Gasteiger partial charge in [0.05, 0.1) is 0 Å². The fraction of sp³-hybridized carbons (Fsp3) is 0.355. The van der Waals surface area contributed by atoms with Gasteiger partial charge in [-0.3, -0.25) is 9.59 Å². The van der Waals surface area contributed by atoms with Crippen molar-refractivity contribution in [3.63, 3.8) is 0 Å². The molecule has 5 heteroatoms. The van der Waals surface area contributed by atoms with Crippen molar-refractivity contribution in [3.05, 3.63) is 101 Å². The highest BCUT2D eigenvalue weighted by Crippen LogP contribution is 2.21. The van der Waals surface area contributed by atoms with Crippen molar-refractivity contribution < 1.29 is 14.3 Å². The number of rotatable bonds is 10. The number of amides is 2. The van der Waals surface area contributed by atoms with Crippen LogP contribution in [-0.2, 0) is 22.6 Å². The summed E-state index contributed by atoms with van der Waals surface area (Å²) in [6, 6.07) is 25.2. The van der Waals surface area contributed by atoms with Gasteiger partial charge in [-0.15, -0.1) is 0 Å². The molecule has 0 aliphatic heterocycles. The van der Waals surface area contributed by atoms with Crippen LogP contribution in [0, 0.1) is 13.8 Å². The quantitative estimate of drug-likeness (QED) is 0.420. The molecule has 0 saturated heterocycles. The van der Waals surface area contributed by atoms with Crippen molar-refractivity contribution in [2.75, 3.05) is 6.61 Å². The van der Waals surface area contributed by atoms with E-state index in [0.29, 0.717) is 18.7 Å². The highest BCUT2D eigenvalue weighted by molar-refractivity contribution is 5.88. The lowest BCUT2D eigenvalue weighted by atomic mass is 10.0. The Morgan fingerprint density at radius 2 is 1.61 bits per heavy atom. The maximum atomic E-state index is 13.7. The first-order chi connectivity index (χ1) is 17.5. The Hall–Kier alpha value is -3.60. The zero-order chi connectivity index (χ0) is 25.3. The highest BCUT2D eigenvalue weighted by Gasteiger charge is 2.32. The van der Waals surface area contributed by atoms with E-state index in [1.165, 1.54) is 0 Å². The minimum absolute atomic E-state index is 0.0948. The number of benzene rings is 3. The summed E-state index contributed by atoms with van der Waals surface area (Å²) >= 11 is 0. The van der Waals surface area contributed by atoms with Crippen LogP contribution in [0.3, 0.4) is 0 Å². The van der Waals surface area contributed by atoms with E-state index in [1.807, 2.05) is 86.6 Å². The van der Waals surface area contributed by atoms with Gasteiger partial charge in [-0.1, -0.05) is 91.2 Å². The molecule has 1 aliphatic carbocycles. The van der Waals surface area contributed by atoms with Gasteiger partial charge in [0.1, 0.15) is 11.8 Å². The molecule has 0 bridgehead atoms. The van der Waals surface area contributed by atoms with Gasteiger partial charge in [0.15, 0.2) is 6.61 Å². The number of hydrogen-bond donors (Lipinski definition) is 1. The molecule has 4 rings (SSSR count). The average Bonchev–Trinajstić information content (AvgIpc) is 3.39. The Kier molecular flexibility index (Phi) is 8.77. The highest BCUT2D eigenvalue weighted by atomic mass is 16.5. The molecule has 0 unspecified atom stereocenters. The Bertz CT molecular complexity index is 1160. The first-order valence-corrected chi connectivity index (χ1v) is 12.9. The lowest BCUT2D eigenvalue weighted by Gasteiger charge is -2.32. The fourth-order valence-corrected chi connectivity index (χ4v) is 4.87. The number of nitrogens with zero attached hydrogens (tertiary/aromatic N) is 1. The summed E-state index contributed by atoms with van der Waals surface area (Å²) < 4.78 is 5.93. The van der Waals surface area contributed by atoms with Gasteiger partial charge in [-0.25, -0.2) is 0 Å². The zero-order valence-electron chi connectivity index (χ0n) is 21.3. The van der Waals surface area contributed by atoms with Crippen molar-refractivity contribution in [1.82, 2.24) is 10.2 Å². The Balaban J connectivity index is 1.62. The van der Waals surface area contributed by atoms with Crippen LogP contribution in [0.25, 0.3) is 0 Å². The second kappa shape index (κ2) is 12.4. The van der Waals surface area contributed by atoms with Gasteiger partial charge in [-0.2, -0.15) is 0 Å². The summed E-state index contributed by atoms with van der Waals surface area (Å²) in [5.74, 6) is 0.376. The molecule has 1 atom stereocenters. The lowest BCUT2D eigenvalue weighted by molar-refractivity contribution is -0.143. The number of hydrogen-bond acceptors (Lipinski definition) is 3. The summed E-state index contributed by atoms with van der Waals surface area (Å²) in [5, 5.41) is 3.24. The Morgan fingerprint density at radius 3 is 2.33 bits per heavy atom. The first kappa shape index (κ1) is 25.5. The molecular formula is C31H36N2O3. The molecule has 1 aliphatic rings. The third-order valence-corrected chi connectivity index (χ3v) is 6.85. The molecule has 36 heavy (non-hydrogen) atoms. The predicted octanol–water partition coefficient (Wildman–Crippen LogP) is 5.38. The van der Waals surface area contributed by atoms with Crippen molar-refractivity contribution in [2.24, 2.45) is 0 Å². The molecule has 1 N–H and O–H groups in total. The molecule has 3 aromatic carbocycles. The monoisotopic (exact) mass is 484 g/mol. The third-order valence-electron chi connectivity index (χ3n) is 6.85. The van der Waals surface area contributed by atoms with E-state index >= 15 is 0 Å². The second-order valence-electron chi connectivity index (χ2n) is 9.76. The molecule has 3 aromatic rings. The van der Waals surface area contributed by atoms with E-state index in [1.54, 1.807) is 4.90 Å². The van der Waals surface area contributed by atoms with E-state index in [2.05, 4.69) is 11.4 Å². The van der Waals surface area contributed by atoms with Crippen LogP contribution < -0.4 is 10.1 Å². The summed E-state index contributed by atoms with van der Waals surface area (Å²) in [4.78, 5) is 29.1. The fourth-order valence-electron chi connectivity index (χ4n) is 4.87. The minimum Gasteiger partial charge on any atom is -0.484 e. The molecule has 0 spiro atoms. The summed E-state index contributed by atoms with van der Waals surface area (Å²) in [7, 11) is 0. The van der Waals surface area contributed by atoms with Gasteiger partial charge in [-0.05, 0) is 49.4 Å². The number of carbonyl (C=O) groups excluding carboxylic acids is 2. The van der Waals surface area contributed by atoms with Crippen LogP contribution in [0.5, 0.6) is 5.75 Å². The largest absolute Gasteiger partial charge is 0.484 e. The second-order valence-corrected chi connectivity index (χ2v) is 9.76. The predicted molar refractivity (Wildman–Crippen MR) is 143 cm³/mol. The van der Waals surface area contributed by atoms with E-state index in [0.717, 1.165) is 47.9 Å². The molecule has 5 nitrogen and oxygen atoms in total. The van der Waals surface area contributed by atoms with E-state index in [-0.39, 0.29) is 24.5 Å². The maximum absolute atomic E-state index is 13.7. The van der Waals surface area contributed by atoms with Crippen LogP contribution in [-0.4, -0.2) is 35.4 Å². The molecule has 2 amide bonds. The lowest BCUT2D eigenvalue weighted by Crippen LogP contribution is -2.53. The molecular weight excluding hydrogens is 448 g/mol. The summed E-state index contributed by atoms with van der Waals surface area (Å²) in [5.41, 5.74) is 4.10. The van der Waals surface area contributed by atoms with Crippen LogP contribution in [0.15, 0.2) is 78.9 Å². The minimum atomic E-state index is -0.638. The zero-order valence-corrected chi connectivity index (χ0v) is 21.3. The summed E-state index contributed by atoms with van der Waals surface area (Å²) in [6.45, 7) is 4.20. The normalized spacial score (nSPS) is 14.3. The maximum Gasteiger partial charge on any atom is 0.261 e. The van der Waals surface area contributed by atoms with E-state index in [9.17, 15) is 9.59 Å². The molecule has 188 valence electrons. The van der Waals surface area contributed by atoms with Gasteiger partial charge in [0.2, 0.25) is 5.91 Å². The van der Waals surface area contributed by atoms with Crippen LogP contribution in [0.1, 0.15) is 47.9 Å². The number of para-hydroxylation sites is 1. The topological polar surface area (TPSA) is 58.6 Å². The van der Waals surface area contributed by atoms with Crippen LogP contribution >= 0.6 is 0 Å². The van der Waals surface area contributed by atoms with Gasteiger partial charge < -0.3 is 15.0 Å². The number of aryl methyl sites for hydroxylation is 2. The van der Waals surface area contributed by atoms with E-state index in [4.69, 9.17) is 4.74 Å². The van der Waals surface area contributed by atoms with Gasteiger partial charge in [0, 0.05) is 19.0 Å². The van der Waals surface area contributed by atoms with Crippen LogP contribution in [0.2, 0.25) is 0 Å². The van der Waals surface area contributed by atoms with Crippen molar-refractivity contribution in [3.8, 4) is 5.75 Å². The van der Waals surface area contributed by atoms with Gasteiger partial charge in [0.25, 0.3) is 5.91 Å². The average molecular weight is 485 g/mol. The number of nitrogens with one attached hydrogen (secondary N) is 1. The molecule has 0 heterocycles. The SMILES string of the molecule is Cc1cccc(CN(C(=O)COc2ccccc2C)[C@H](Cc2ccccc2)C(=O)NC2CCCC2)c1. The standard InChI is InChI=1S/C31H36N2O3/c1-23-11-10-15-26(19-23)21-33(30(34)22-36-29-18-9-6-12-24(29)2)28(20-25-13-4-3-5-14-25)31(35)32-27-16-7-8-17-27/h3-6,9-15,18-19,27-28H,7-8,16-17,20-22H2,1-2H3,(H,32,35)/t28-/m1/s1. The Morgan fingerprint density at radius 1 is 0.917 bits per heavy atom. The van der Waals surface area contributed by atoms with Crippen LogP contribution in [0.4, 0.5) is 0 Å². The summed E-state index contributed by atoms with van der Waals surface area (Å²) in [6.07, 6.45) is 4.69. The molecule has 1 saturated carbocycles. The first-order valence-electron chi connectivity index (χ1n) is 12.9. The Labute approximate surface area is 214 Å². The number of carbonyl (C=O) groups is 2. The van der Waals surface area contributed by atoms with E-state index < -0.39 is 6.04 Å². The van der Waals surface area contributed by atoms with Crippen molar-refractivity contribution in [2.45, 2.75) is 64.6 Å². The molecule has 1 fully saturated rings. The number of ether oxygens (including phenoxy) is 1. The third kappa shape index (κ3) is 6.97. The molecule has 0 radical (unpaired) electrons. The van der Waals surface area contributed by atoms with Gasteiger partial charge >= 0.3 is 0 Å². The molecule has 0 aromatic heterocycles. The van der Waals surface area contributed by atoms with Crippen molar-refractivity contribution in [1.29, 1.82) is 0 Å². The smallest absolute Gasteiger partial charge is 0.261 e.